The van der Waals surface area contributed by atoms with E-state index in [9.17, 15) is 5.11 Å². The summed E-state index contributed by atoms with van der Waals surface area (Å²) in [5, 5.41) is 12.6. The lowest BCUT2D eigenvalue weighted by molar-refractivity contribution is 0.0661. The van der Waals surface area contributed by atoms with Gasteiger partial charge in [-0.15, -0.1) is 0 Å². The summed E-state index contributed by atoms with van der Waals surface area (Å²) >= 11 is 0. The SMILES string of the molecule is CN1CCC(N2CCNCC2CO)C1. The van der Waals surface area contributed by atoms with E-state index in [-0.39, 0.29) is 6.61 Å². The molecule has 2 aliphatic rings. The molecule has 0 aromatic heterocycles. The highest BCUT2D eigenvalue weighted by molar-refractivity contribution is 4.89. The van der Waals surface area contributed by atoms with Crippen LogP contribution in [0.4, 0.5) is 0 Å². The van der Waals surface area contributed by atoms with Crippen LogP contribution in [0.3, 0.4) is 0 Å². The van der Waals surface area contributed by atoms with Crippen molar-refractivity contribution in [2.24, 2.45) is 0 Å². The van der Waals surface area contributed by atoms with E-state index in [0.29, 0.717) is 12.1 Å². The highest BCUT2D eigenvalue weighted by atomic mass is 16.3. The Hall–Kier alpha value is -0.160. The van der Waals surface area contributed by atoms with Crippen LogP contribution in [0.5, 0.6) is 0 Å². The van der Waals surface area contributed by atoms with Gasteiger partial charge in [-0.1, -0.05) is 0 Å². The maximum atomic E-state index is 9.29. The first-order valence-corrected chi connectivity index (χ1v) is 5.57. The fraction of sp³-hybridized carbons (Fsp3) is 1.00. The fourth-order valence-electron chi connectivity index (χ4n) is 2.61. The molecule has 0 radical (unpaired) electrons. The lowest BCUT2D eigenvalue weighted by atomic mass is 10.1. The minimum atomic E-state index is 0.285. The summed E-state index contributed by atoms with van der Waals surface area (Å²) in [7, 11) is 2.18. The van der Waals surface area contributed by atoms with Gasteiger partial charge in [0, 0.05) is 38.3 Å². The summed E-state index contributed by atoms with van der Waals surface area (Å²) in [6.07, 6.45) is 1.26. The second kappa shape index (κ2) is 4.57. The van der Waals surface area contributed by atoms with Crippen LogP contribution in [0.15, 0.2) is 0 Å². The summed E-state index contributed by atoms with van der Waals surface area (Å²) in [5.74, 6) is 0. The number of hydrogen-bond acceptors (Lipinski definition) is 4. The predicted octanol–water partition coefficient (Wildman–Crippen LogP) is -1.04. The maximum Gasteiger partial charge on any atom is 0.0599 e. The van der Waals surface area contributed by atoms with E-state index in [1.165, 1.54) is 13.0 Å². The molecule has 82 valence electrons. The monoisotopic (exact) mass is 199 g/mol. The Morgan fingerprint density at radius 2 is 2.29 bits per heavy atom. The van der Waals surface area contributed by atoms with Gasteiger partial charge in [0.2, 0.25) is 0 Å². The van der Waals surface area contributed by atoms with Crippen molar-refractivity contribution < 1.29 is 5.11 Å². The predicted molar refractivity (Wildman–Crippen MR) is 56.4 cm³/mol. The van der Waals surface area contributed by atoms with Gasteiger partial charge >= 0.3 is 0 Å². The molecule has 0 spiro atoms. The van der Waals surface area contributed by atoms with Crippen LogP contribution in [0, 0.1) is 0 Å². The zero-order chi connectivity index (χ0) is 9.97. The summed E-state index contributed by atoms with van der Waals surface area (Å²) < 4.78 is 0. The fourth-order valence-corrected chi connectivity index (χ4v) is 2.61. The Kier molecular flexibility index (Phi) is 3.38. The number of hydrogen-bond donors (Lipinski definition) is 2. The molecule has 4 heteroatoms. The van der Waals surface area contributed by atoms with Gasteiger partial charge < -0.3 is 15.3 Å². The highest BCUT2D eigenvalue weighted by Gasteiger charge is 2.31. The van der Waals surface area contributed by atoms with E-state index in [2.05, 4.69) is 22.2 Å². The van der Waals surface area contributed by atoms with Gasteiger partial charge in [0.15, 0.2) is 0 Å². The van der Waals surface area contributed by atoms with Crippen LogP contribution >= 0.6 is 0 Å². The Morgan fingerprint density at radius 3 is 2.93 bits per heavy atom. The van der Waals surface area contributed by atoms with Gasteiger partial charge in [-0.05, 0) is 20.0 Å². The van der Waals surface area contributed by atoms with Crippen molar-refractivity contribution in [2.45, 2.75) is 18.5 Å². The number of rotatable bonds is 2. The van der Waals surface area contributed by atoms with Gasteiger partial charge in [-0.3, -0.25) is 4.90 Å². The van der Waals surface area contributed by atoms with Crippen LogP contribution < -0.4 is 5.32 Å². The second-order valence-electron chi connectivity index (χ2n) is 4.48. The number of likely N-dealkylation sites (tertiary alicyclic amines) is 1. The van der Waals surface area contributed by atoms with Gasteiger partial charge in [-0.25, -0.2) is 0 Å². The van der Waals surface area contributed by atoms with Gasteiger partial charge in [0.1, 0.15) is 0 Å². The van der Waals surface area contributed by atoms with Crippen molar-refractivity contribution in [3.05, 3.63) is 0 Å². The molecule has 2 fully saturated rings. The van der Waals surface area contributed by atoms with Crippen LogP contribution in [0.25, 0.3) is 0 Å². The smallest absolute Gasteiger partial charge is 0.0599 e. The molecule has 2 saturated heterocycles. The van der Waals surface area contributed by atoms with Crippen molar-refractivity contribution in [1.29, 1.82) is 0 Å². The van der Waals surface area contributed by atoms with Crippen molar-refractivity contribution in [1.82, 2.24) is 15.1 Å². The minimum Gasteiger partial charge on any atom is -0.395 e. The largest absolute Gasteiger partial charge is 0.395 e. The zero-order valence-electron chi connectivity index (χ0n) is 8.95. The molecule has 0 bridgehead atoms. The lowest BCUT2D eigenvalue weighted by Gasteiger charge is -2.39. The molecule has 2 N–H and O–H groups in total. The third kappa shape index (κ3) is 2.08. The number of aliphatic hydroxyl groups is 1. The third-order valence-corrected chi connectivity index (χ3v) is 3.44. The molecule has 2 atom stereocenters. The quantitative estimate of drug-likeness (QED) is 0.596. The van der Waals surface area contributed by atoms with E-state index in [1.807, 2.05) is 0 Å². The molecule has 0 aliphatic carbocycles. The minimum absolute atomic E-state index is 0.285. The van der Waals surface area contributed by atoms with Crippen molar-refractivity contribution in [2.75, 3.05) is 46.4 Å². The molecular weight excluding hydrogens is 178 g/mol. The molecule has 2 rings (SSSR count). The second-order valence-corrected chi connectivity index (χ2v) is 4.48. The average Bonchev–Trinajstić information content (AvgIpc) is 2.65. The standard InChI is InChI=1S/C10H21N3O/c1-12-4-2-9(7-12)13-5-3-11-6-10(13)8-14/h9-11,14H,2-8H2,1H3. The molecule has 0 aromatic carbocycles. The van der Waals surface area contributed by atoms with Crippen molar-refractivity contribution >= 4 is 0 Å². The van der Waals surface area contributed by atoms with Crippen molar-refractivity contribution in [3.63, 3.8) is 0 Å². The molecule has 0 amide bonds. The highest BCUT2D eigenvalue weighted by Crippen LogP contribution is 2.17. The third-order valence-electron chi connectivity index (χ3n) is 3.44. The Balaban J connectivity index is 1.93. The molecule has 2 aliphatic heterocycles. The maximum absolute atomic E-state index is 9.29. The summed E-state index contributed by atoms with van der Waals surface area (Å²) in [6.45, 7) is 5.74. The average molecular weight is 199 g/mol. The number of nitrogens with zero attached hydrogens (tertiary/aromatic N) is 2. The lowest BCUT2D eigenvalue weighted by Crippen LogP contribution is -2.57. The molecule has 2 unspecified atom stereocenters. The van der Waals surface area contributed by atoms with E-state index in [0.717, 1.165) is 26.2 Å². The Bertz CT molecular complexity index is 188. The zero-order valence-corrected chi connectivity index (χ0v) is 8.95. The number of nitrogens with one attached hydrogen (secondary N) is 1. The summed E-state index contributed by atoms with van der Waals surface area (Å²) in [5.41, 5.74) is 0. The first-order valence-electron chi connectivity index (χ1n) is 5.57. The molecule has 0 aromatic rings. The normalized spacial score (nSPS) is 36.4. The van der Waals surface area contributed by atoms with Gasteiger partial charge in [-0.2, -0.15) is 0 Å². The van der Waals surface area contributed by atoms with E-state index in [4.69, 9.17) is 0 Å². The number of piperazine rings is 1. The van der Waals surface area contributed by atoms with Crippen LogP contribution in [-0.4, -0.2) is 73.4 Å². The van der Waals surface area contributed by atoms with Crippen LogP contribution in [0.2, 0.25) is 0 Å². The van der Waals surface area contributed by atoms with E-state index in [1.54, 1.807) is 0 Å². The molecule has 4 nitrogen and oxygen atoms in total. The van der Waals surface area contributed by atoms with E-state index < -0.39 is 0 Å². The molecule has 14 heavy (non-hydrogen) atoms. The van der Waals surface area contributed by atoms with E-state index >= 15 is 0 Å². The first kappa shape index (κ1) is 10.4. The first-order chi connectivity index (χ1) is 6.81. The topological polar surface area (TPSA) is 38.7 Å². The Morgan fingerprint density at radius 1 is 1.43 bits per heavy atom. The van der Waals surface area contributed by atoms with Crippen LogP contribution in [-0.2, 0) is 0 Å². The summed E-state index contributed by atoms with van der Waals surface area (Å²) in [4.78, 5) is 4.86. The molecule has 2 heterocycles. The number of likely N-dealkylation sites (N-methyl/N-ethyl adjacent to an activating group) is 1. The van der Waals surface area contributed by atoms with Gasteiger partial charge in [0.05, 0.1) is 6.61 Å². The van der Waals surface area contributed by atoms with Crippen molar-refractivity contribution in [3.8, 4) is 0 Å². The van der Waals surface area contributed by atoms with Crippen LogP contribution in [0.1, 0.15) is 6.42 Å². The molecular formula is C10H21N3O. The Labute approximate surface area is 85.9 Å². The molecule has 0 saturated carbocycles. The number of aliphatic hydroxyl groups excluding tert-OH is 1. The van der Waals surface area contributed by atoms with Gasteiger partial charge in [0.25, 0.3) is 0 Å². The summed E-state index contributed by atoms with van der Waals surface area (Å²) in [6, 6.07) is 1.000.